The van der Waals surface area contributed by atoms with E-state index in [2.05, 4.69) is 17.4 Å². The number of hydrogen-bond donors (Lipinski definition) is 1. The van der Waals surface area contributed by atoms with E-state index in [1.54, 1.807) is 16.2 Å². The van der Waals surface area contributed by atoms with Crippen LogP contribution in [0, 0.1) is 13.8 Å². The van der Waals surface area contributed by atoms with Gasteiger partial charge in [-0.05, 0) is 57.0 Å². The second kappa shape index (κ2) is 9.19. The Bertz CT molecular complexity index is 1350. The summed E-state index contributed by atoms with van der Waals surface area (Å²) in [6.45, 7) is 7.18. The molecule has 2 amide bonds. The molecule has 0 saturated carbocycles. The number of aromatic nitrogens is 1. The van der Waals surface area contributed by atoms with Gasteiger partial charge in [0.1, 0.15) is 10.0 Å². The molecule has 4 aromatic rings. The largest absolute Gasteiger partial charge is 0.450 e. The fraction of sp³-hybridized carbons (Fsp3) is 0.269. The van der Waals surface area contributed by atoms with Gasteiger partial charge in [-0.2, -0.15) is 0 Å². The first-order valence-electron chi connectivity index (χ1n) is 11.2. The van der Waals surface area contributed by atoms with E-state index in [9.17, 15) is 9.59 Å². The lowest BCUT2D eigenvalue weighted by molar-refractivity contribution is 0.102. The van der Waals surface area contributed by atoms with Crippen LogP contribution >= 0.6 is 22.7 Å². The molecule has 34 heavy (non-hydrogen) atoms. The molecule has 0 atom stereocenters. The summed E-state index contributed by atoms with van der Waals surface area (Å²) in [7, 11) is 0. The van der Waals surface area contributed by atoms with Gasteiger partial charge in [-0.15, -0.1) is 22.7 Å². The van der Waals surface area contributed by atoms with E-state index in [-0.39, 0.29) is 12.0 Å². The summed E-state index contributed by atoms with van der Waals surface area (Å²) in [6.07, 6.45) is 0.388. The Hall–Kier alpha value is -3.23. The number of aryl methyl sites for hydroxylation is 2. The van der Waals surface area contributed by atoms with Crippen LogP contribution in [0.2, 0.25) is 0 Å². The van der Waals surface area contributed by atoms with Crippen molar-refractivity contribution in [3.63, 3.8) is 0 Å². The first-order chi connectivity index (χ1) is 16.4. The molecule has 0 bridgehead atoms. The molecule has 0 unspecified atom stereocenters. The van der Waals surface area contributed by atoms with Crippen LogP contribution in [-0.4, -0.2) is 35.0 Å². The molecule has 2 aromatic carbocycles. The van der Waals surface area contributed by atoms with E-state index in [1.807, 2.05) is 51.1 Å². The number of anilines is 1. The van der Waals surface area contributed by atoms with E-state index in [4.69, 9.17) is 9.72 Å². The number of rotatable bonds is 4. The third-order valence-corrected chi connectivity index (χ3v) is 7.99. The monoisotopic (exact) mass is 491 g/mol. The summed E-state index contributed by atoms with van der Waals surface area (Å²) >= 11 is 3.15. The lowest BCUT2D eigenvalue weighted by Crippen LogP contribution is -2.35. The number of thiazole rings is 1. The predicted molar refractivity (Wildman–Crippen MR) is 138 cm³/mol. The van der Waals surface area contributed by atoms with Crippen molar-refractivity contribution in [1.82, 2.24) is 9.88 Å². The number of thiophene rings is 1. The molecule has 1 aliphatic heterocycles. The van der Waals surface area contributed by atoms with Crippen molar-refractivity contribution in [3.05, 3.63) is 69.6 Å². The second-order valence-corrected chi connectivity index (χ2v) is 10.5. The number of para-hydroxylation sites is 1. The van der Waals surface area contributed by atoms with Crippen LogP contribution in [0.1, 0.15) is 38.8 Å². The first kappa shape index (κ1) is 22.6. The van der Waals surface area contributed by atoms with Crippen LogP contribution in [-0.2, 0) is 17.7 Å². The van der Waals surface area contributed by atoms with Crippen LogP contribution in [0.15, 0.2) is 42.5 Å². The topological polar surface area (TPSA) is 71.5 Å². The van der Waals surface area contributed by atoms with Gasteiger partial charge in [0.05, 0.1) is 23.4 Å². The highest BCUT2D eigenvalue weighted by Crippen LogP contribution is 2.45. The fourth-order valence-electron chi connectivity index (χ4n) is 4.35. The minimum atomic E-state index is -0.302. The van der Waals surface area contributed by atoms with Gasteiger partial charge < -0.3 is 15.0 Å². The Morgan fingerprint density at radius 3 is 2.62 bits per heavy atom. The number of benzene rings is 2. The highest BCUT2D eigenvalue weighted by Gasteiger charge is 2.30. The van der Waals surface area contributed by atoms with E-state index in [0.717, 1.165) is 47.4 Å². The Morgan fingerprint density at radius 2 is 1.88 bits per heavy atom. The lowest BCUT2D eigenvalue weighted by Gasteiger charge is -2.26. The Balaban J connectivity index is 1.56. The van der Waals surface area contributed by atoms with E-state index in [1.165, 1.54) is 11.3 Å². The molecule has 2 aromatic heterocycles. The molecule has 0 fully saturated rings. The van der Waals surface area contributed by atoms with Crippen LogP contribution < -0.4 is 5.32 Å². The van der Waals surface area contributed by atoms with Crippen LogP contribution in [0.4, 0.5) is 9.80 Å². The van der Waals surface area contributed by atoms with Crippen molar-refractivity contribution in [2.45, 2.75) is 33.7 Å². The Kier molecular flexibility index (Phi) is 6.10. The second-order valence-electron chi connectivity index (χ2n) is 8.40. The van der Waals surface area contributed by atoms with Crippen LogP contribution in [0.3, 0.4) is 0 Å². The summed E-state index contributed by atoms with van der Waals surface area (Å²) in [5, 5.41) is 4.83. The third kappa shape index (κ3) is 4.31. The molecule has 0 spiro atoms. The summed E-state index contributed by atoms with van der Waals surface area (Å²) in [6, 6.07) is 13.9. The molecule has 174 valence electrons. The highest BCUT2D eigenvalue weighted by atomic mass is 32.1. The quantitative estimate of drug-likeness (QED) is 0.358. The summed E-state index contributed by atoms with van der Waals surface area (Å²) < 4.78 is 6.32. The van der Waals surface area contributed by atoms with Gasteiger partial charge in [-0.1, -0.05) is 29.3 Å². The predicted octanol–water partition coefficient (Wildman–Crippen LogP) is 6.41. The van der Waals surface area contributed by atoms with Gasteiger partial charge in [-0.3, -0.25) is 4.79 Å². The maximum absolute atomic E-state index is 13.2. The summed E-state index contributed by atoms with van der Waals surface area (Å²) in [5.41, 5.74) is 5.80. The minimum absolute atomic E-state index is 0.144. The Morgan fingerprint density at radius 1 is 1.12 bits per heavy atom. The number of amides is 2. The van der Waals surface area contributed by atoms with Crippen molar-refractivity contribution in [2.75, 3.05) is 18.5 Å². The van der Waals surface area contributed by atoms with Crippen molar-refractivity contribution in [2.24, 2.45) is 0 Å². The fourth-order valence-corrected chi connectivity index (χ4v) is 6.72. The number of hydrogen-bond acceptors (Lipinski definition) is 6. The summed E-state index contributed by atoms with van der Waals surface area (Å²) in [5.74, 6) is -0.144. The maximum Gasteiger partial charge on any atom is 0.410 e. The van der Waals surface area contributed by atoms with Gasteiger partial charge in [-0.25, -0.2) is 9.78 Å². The molecule has 6 nitrogen and oxygen atoms in total. The number of nitrogens with one attached hydrogen (secondary N) is 1. The molecular weight excluding hydrogens is 466 g/mol. The smallest absolute Gasteiger partial charge is 0.410 e. The first-order valence-corrected chi connectivity index (χ1v) is 12.9. The number of ether oxygens (including phenoxy) is 1. The Labute approximate surface area is 206 Å². The average molecular weight is 492 g/mol. The van der Waals surface area contributed by atoms with Crippen molar-refractivity contribution < 1.29 is 14.3 Å². The van der Waals surface area contributed by atoms with Gasteiger partial charge in [0.2, 0.25) is 0 Å². The minimum Gasteiger partial charge on any atom is -0.450 e. The molecule has 1 aliphatic rings. The van der Waals surface area contributed by atoms with Crippen molar-refractivity contribution in [1.29, 1.82) is 0 Å². The number of carbonyl (C=O) groups excluding carboxylic acids is 2. The summed E-state index contributed by atoms with van der Waals surface area (Å²) in [4.78, 5) is 33.2. The molecule has 3 heterocycles. The normalized spacial score (nSPS) is 13.1. The zero-order chi connectivity index (χ0) is 23.8. The van der Waals surface area contributed by atoms with Gasteiger partial charge >= 0.3 is 6.09 Å². The number of carbonyl (C=O) groups is 2. The van der Waals surface area contributed by atoms with Crippen LogP contribution in [0.25, 0.3) is 20.8 Å². The van der Waals surface area contributed by atoms with E-state index < -0.39 is 0 Å². The molecule has 5 rings (SSSR count). The SMILES string of the molecule is CCOC(=O)N1CCc2c(sc(NC(=O)c3cc(C)cc(C)c3)c2-c2nc3ccccc3s2)C1. The number of fused-ring (bicyclic) bond motifs is 2. The van der Waals surface area contributed by atoms with E-state index in [0.29, 0.717) is 31.7 Å². The lowest BCUT2D eigenvalue weighted by atomic mass is 10.0. The van der Waals surface area contributed by atoms with Crippen molar-refractivity contribution in [3.8, 4) is 10.6 Å². The third-order valence-electron chi connectivity index (χ3n) is 5.80. The zero-order valence-corrected chi connectivity index (χ0v) is 20.9. The zero-order valence-electron chi connectivity index (χ0n) is 19.3. The number of nitrogens with zero attached hydrogens (tertiary/aromatic N) is 2. The highest BCUT2D eigenvalue weighted by molar-refractivity contribution is 7.23. The molecular formula is C26H25N3O3S2. The average Bonchev–Trinajstić information content (AvgIpc) is 3.38. The van der Waals surface area contributed by atoms with Crippen molar-refractivity contribution >= 4 is 49.9 Å². The standard InChI is InChI=1S/C26H25N3O3S2/c1-4-32-26(31)29-10-9-18-21(14-29)34-25(28-23(30)17-12-15(2)11-16(3)13-17)22(18)24-27-19-7-5-6-8-20(19)33-24/h5-8,11-13H,4,9-10,14H2,1-3H3,(H,28,30). The molecule has 0 radical (unpaired) electrons. The molecule has 0 saturated heterocycles. The molecule has 0 aliphatic carbocycles. The maximum atomic E-state index is 13.2. The van der Waals surface area contributed by atoms with Gasteiger partial charge in [0.15, 0.2) is 0 Å². The molecule has 8 heteroatoms. The van der Waals surface area contributed by atoms with E-state index >= 15 is 0 Å². The van der Waals surface area contributed by atoms with Crippen LogP contribution in [0.5, 0.6) is 0 Å². The molecule has 1 N–H and O–H groups in total. The van der Waals surface area contributed by atoms with Gasteiger partial charge in [0, 0.05) is 22.5 Å². The van der Waals surface area contributed by atoms with Gasteiger partial charge in [0.25, 0.3) is 5.91 Å².